The molecule has 0 N–H and O–H groups in total. The molecule has 1 heterocycles. The van der Waals surface area contributed by atoms with E-state index < -0.39 is 0 Å². The third kappa shape index (κ3) is 3.66. The first-order valence-corrected chi connectivity index (χ1v) is 7.93. The fourth-order valence-corrected chi connectivity index (χ4v) is 2.66. The maximum Gasteiger partial charge on any atom is 0.160 e. The van der Waals surface area contributed by atoms with Gasteiger partial charge in [-0.05, 0) is 41.7 Å². The number of benzene rings is 2. The molecule has 3 aromatic rings. The van der Waals surface area contributed by atoms with E-state index >= 15 is 0 Å². The molecule has 1 aromatic heterocycles. The monoisotopic (exact) mass is 320 g/mol. The van der Waals surface area contributed by atoms with Gasteiger partial charge in [-0.1, -0.05) is 54.1 Å². The smallest absolute Gasteiger partial charge is 0.160 e. The predicted molar refractivity (Wildman–Crippen MR) is 96.4 cm³/mol. The Balaban J connectivity index is 1.87. The van der Waals surface area contributed by atoms with Crippen LogP contribution in [0.1, 0.15) is 12.0 Å². The third-order valence-electron chi connectivity index (χ3n) is 3.66. The van der Waals surface area contributed by atoms with Crippen molar-refractivity contribution in [2.24, 2.45) is 0 Å². The lowest BCUT2D eigenvalue weighted by Gasteiger charge is -2.07. The number of hydrogen-bond acceptors (Lipinski definition) is 2. The molecule has 0 spiro atoms. The first kappa shape index (κ1) is 15.4. The summed E-state index contributed by atoms with van der Waals surface area (Å²) in [4.78, 5) is 8.87. The number of hydrogen-bond donors (Lipinski definition) is 0. The Morgan fingerprint density at radius 3 is 2.35 bits per heavy atom. The van der Waals surface area contributed by atoms with Crippen LogP contribution < -0.4 is 0 Å². The summed E-state index contributed by atoms with van der Waals surface area (Å²) in [5.41, 5.74) is 4.18. The highest BCUT2D eigenvalue weighted by Gasteiger charge is 2.08. The average Bonchev–Trinajstić information content (AvgIpc) is 2.61. The van der Waals surface area contributed by atoms with Crippen LogP contribution in [-0.2, 0) is 6.42 Å². The van der Waals surface area contributed by atoms with Crippen LogP contribution >= 0.6 is 11.6 Å². The van der Waals surface area contributed by atoms with E-state index in [4.69, 9.17) is 11.6 Å². The summed E-state index contributed by atoms with van der Waals surface area (Å²) in [6.45, 7) is 3.73. The lowest BCUT2D eigenvalue weighted by molar-refractivity contribution is 0.968. The number of allylic oxidation sites excluding steroid dienone is 1. The van der Waals surface area contributed by atoms with Gasteiger partial charge in [-0.15, -0.1) is 6.58 Å². The summed E-state index contributed by atoms with van der Waals surface area (Å²) < 4.78 is 0. The Labute approximate surface area is 141 Å². The molecular formula is C20H17ClN2. The second-order valence-electron chi connectivity index (χ2n) is 5.30. The molecule has 0 unspecified atom stereocenters. The van der Waals surface area contributed by atoms with Crippen molar-refractivity contribution in [3.8, 4) is 22.5 Å². The average molecular weight is 321 g/mol. The van der Waals surface area contributed by atoms with Crippen LogP contribution in [0.15, 0.2) is 73.6 Å². The molecule has 0 aliphatic heterocycles. The normalized spacial score (nSPS) is 10.5. The summed E-state index contributed by atoms with van der Waals surface area (Å²) in [6.07, 6.45) is 7.44. The van der Waals surface area contributed by atoms with Crippen LogP contribution in [0.4, 0.5) is 0 Å². The van der Waals surface area contributed by atoms with Gasteiger partial charge in [-0.3, -0.25) is 0 Å². The topological polar surface area (TPSA) is 25.8 Å². The second-order valence-corrected chi connectivity index (χ2v) is 5.71. The van der Waals surface area contributed by atoms with Crippen LogP contribution in [0.3, 0.4) is 0 Å². The summed E-state index contributed by atoms with van der Waals surface area (Å²) in [5, 5.41) is 0.658. The van der Waals surface area contributed by atoms with E-state index in [1.807, 2.05) is 54.9 Å². The van der Waals surface area contributed by atoms with Gasteiger partial charge in [0.2, 0.25) is 0 Å². The Bertz CT molecular complexity index is 796. The molecule has 0 atom stereocenters. The minimum Gasteiger partial charge on any atom is -0.236 e. The number of rotatable bonds is 5. The van der Waals surface area contributed by atoms with Gasteiger partial charge in [0.05, 0.1) is 5.02 Å². The molecule has 0 fully saturated rings. The van der Waals surface area contributed by atoms with Crippen LogP contribution in [0.5, 0.6) is 0 Å². The molecule has 0 radical (unpaired) electrons. The van der Waals surface area contributed by atoms with Gasteiger partial charge in [0.15, 0.2) is 5.82 Å². The van der Waals surface area contributed by atoms with E-state index in [0.29, 0.717) is 10.8 Å². The summed E-state index contributed by atoms with van der Waals surface area (Å²) >= 11 is 6.44. The van der Waals surface area contributed by atoms with Gasteiger partial charge in [0, 0.05) is 18.0 Å². The minimum absolute atomic E-state index is 0.650. The number of halogens is 1. The van der Waals surface area contributed by atoms with Gasteiger partial charge >= 0.3 is 0 Å². The van der Waals surface area contributed by atoms with Crippen molar-refractivity contribution in [2.75, 3.05) is 0 Å². The van der Waals surface area contributed by atoms with E-state index in [9.17, 15) is 0 Å². The Hall–Kier alpha value is -2.45. The summed E-state index contributed by atoms with van der Waals surface area (Å²) in [5.74, 6) is 0.650. The molecule has 0 saturated carbocycles. The van der Waals surface area contributed by atoms with Crippen LogP contribution in [0, 0.1) is 0 Å². The highest BCUT2D eigenvalue weighted by molar-refractivity contribution is 6.33. The van der Waals surface area contributed by atoms with Gasteiger partial charge in [-0.25, -0.2) is 9.97 Å². The molecule has 0 aliphatic carbocycles. The molecular weight excluding hydrogens is 304 g/mol. The highest BCUT2D eigenvalue weighted by atomic mass is 35.5. The summed E-state index contributed by atoms with van der Waals surface area (Å²) in [6, 6.07) is 16.1. The van der Waals surface area contributed by atoms with Crippen molar-refractivity contribution < 1.29 is 0 Å². The number of nitrogens with zero attached hydrogens (tertiary/aromatic N) is 2. The minimum atomic E-state index is 0.650. The fourth-order valence-electron chi connectivity index (χ4n) is 2.40. The number of aryl methyl sites for hydroxylation is 1. The standard InChI is InChI=1S/C20H17ClN2/c1-2-3-7-15-13-22-20(23-14-15)18-11-10-17(12-19(18)21)16-8-5-4-6-9-16/h2,4-6,8-14H,1,3,7H2. The molecule has 23 heavy (non-hydrogen) atoms. The lowest BCUT2D eigenvalue weighted by atomic mass is 10.0. The maximum absolute atomic E-state index is 6.44. The largest absolute Gasteiger partial charge is 0.236 e. The first-order chi connectivity index (χ1) is 11.3. The van der Waals surface area contributed by atoms with Crippen molar-refractivity contribution in [1.82, 2.24) is 9.97 Å². The quantitative estimate of drug-likeness (QED) is 0.573. The zero-order valence-corrected chi connectivity index (χ0v) is 13.5. The van der Waals surface area contributed by atoms with E-state index in [2.05, 4.69) is 28.7 Å². The first-order valence-electron chi connectivity index (χ1n) is 7.55. The third-order valence-corrected chi connectivity index (χ3v) is 3.97. The molecule has 114 valence electrons. The number of aromatic nitrogens is 2. The molecule has 2 nitrogen and oxygen atoms in total. The molecule has 3 rings (SSSR count). The van der Waals surface area contributed by atoms with Crippen molar-refractivity contribution in [1.29, 1.82) is 0 Å². The zero-order chi connectivity index (χ0) is 16.1. The zero-order valence-electron chi connectivity index (χ0n) is 12.7. The second kappa shape index (κ2) is 7.21. The SMILES string of the molecule is C=CCCc1cnc(-c2ccc(-c3ccccc3)cc2Cl)nc1. The van der Waals surface area contributed by atoms with Crippen LogP contribution in [0.25, 0.3) is 22.5 Å². The van der Waals surface area contributed by atoms with E-state index in [1.165, 1.54) is 0 Å². The molecule has 0 saturated heterocycles. The Morgan fingerprint density at radius 1 is 0.957 bits per heavy atom. The van der Waals surface area contributed by atoms with E-state index in [0.717, 1.165) is 35.1 Å². The van der Waals surface area contributed by atoms with Crippen LogP contribution in [-0.4, -0.2) is 9.97 Å². The van der Waals surface area contributed by atoms with Crippen molar-refractivity contribution in [3.63, 3.8) is 0 Å². The van der Waals surface area contributed by atoms with Gasteiger partial charge in [0.1, 0.15) is 0 Å². The molecule has 3 heteroatoms. The van der Waals surface area contributed by atoms with Crippen molar-refractivity contribution in [3.05, 3.63) is 84.2 Å². The maximum atomic E-state index is 6.44. The highest BCUT2D eigenvalue weighted by Crippen LogP contribution is 2.30. The molecule has 0 amide bonds. The Kier molecular flexibility index (Phi) is 4.84. The lowest BCUT2D eigenvalue weighted by Crippen LogP contribution is -1.93. The van der Waals surface area contributed by atoms with Crippen molar-refractivity contribution >= 4 is 11.6 Å². The van der Waals surface area contributed by atoms with Gasteiger partial charge in [0.25, 0.3) is 0 Å². The predicted octanol–water partition coefficient (Wildman–Crippen LogP) is 5.58. The molecule has 0 aliphatic rings. The van der Waals surface area contributed by atoms with Gasteiger partial charge in [-0.2, -0.15) is 0 Å². The van der Waals surface area contributed by atoms with Crippen molar-refractivity contribution in [2.45, 2.75) is 12.8 Å². The molecule has 2 aromatic carbocycles. The van der Waals surface area contributed by atoms with E-state index in [1.54, 1.807) is 0 Å². The Morgan fingerprint density at radius 2 is 1.70 bits per heavy atom. The van der Waals surface area contributed by atoms with Crippen LogP contribution in [0.2, 0.25) is 5.02 Å². The fraction of sp³-hybridized carbons (Fsp3) is 0.100. The molecule has 0 bridgehead atoms. The van der Waals surface area contributed by atoms with E-state index in [-0.39, 0.29) is 0 Å². The van der Waals surface area contributed by atoms with Gasteiger partial charge < -0.3 is 0 Å². The summed E-state index contributed by atoms with van der Waals surface area (Å²) in [7, 11) is 0.